The third-order valence-corrected chi connectivity index (χ3v) is 2.63. The zero-order valence-electron chi connectivity index (χ0n) is 9.71. The topological polar surface area (TPSA) is 29.3 Å². The molecule has 1 aromatic carbocycles. The van der Waals surface area contributed by atoms with Crippen molar-refractivity contribution in [2.24, 2.45) is 5.73 Å². The average molecular weight is 228 g/mol. The van der Waals surface area contributed by atoms with Crippen LogP contribution in [0, 0.1) is 11.6 Å². The molecule has 16 heavy (non-hydrogen) atoms. The van der Waals surface area contributed by atoms with Crippen LogP contribution >= 0.6 is 0 Å². The maximum atomic E-state index is 13.1. The van der Waals surface area contributed by atoms with Crippen molar-refractivity contribution < 1.29 is 8.78 Å². The van der Waals surface area contributed by atoms with Gasteiger partial charge in [-0.25, -0.2) is 8.78 Å². The molecule has 2 N–H and O–H groups in total. The van der Waals surface area contributed by atoms with Gasteiger partial charge in [0.2, 0.25) is 0 Å². The molecule has 1 rings (SSSR count). The zero-order chi connectivity index (χ0) is 12.1. The van der Waals surface area contributed by atoms with Crippen molar-refractivity contribution in [1.82, 2.24) is 4.90 Å². The number of nitrogens with zero attached hydrogens (tertiary/aromatic N) is 1. The van der Waals surface area contributed by atoms with E-state index in [1.165, 1.54) is 12.1 Å². The number of halogens is 2. The molecule has 0 saturated heterocycles. The van der Waals surface area contributed by atoms with E-state index in [4.69, 9.17) is 5.73 Å². The summed E-state index contributed by atoms with van der Waals surface area (Å²) in [5.41, 5.74) is 6.25. The molecule has 0 bridgehead atoms. The number of hydrogen-bond acceptors (Lipinski definition) is 2. The average Bonchev–Trinajstić information content (AvgIpc) is 2.23. The molecule has 1 atom stereocenters. The highest BCUT2D eigenvalue weighted by Crippen LogP contribution is 2.24. The molecule has 0 spiro atoms. The minimum absolute atomic E-state index is 0.0821. The smallest absolute Gasteiger partial charge is 0.159 e. The third kappa shape index (κ3) is 3.25. The molecular formula is C12H18F2N2. The Labute approximate surface area is 95.1 Å². The first-order valence-electron chi connectivity index (χ1n) is 5.37. The fourth-order valence-corrected chi connectivity index (χ4v) is 1.75. The predicted octanol–water partition coefficient (Wildman–Crippen LogP) is 2.31. The molecule has 0 heterocycles. The van der Waals surface area contributed by atoms with Gasteiger partial charge in [0.25, 0.3) is 0 Å². The van der Waals surface area contributed by atoms with Crippen LogP contribution in [0.5, 0.6) is 0 Å². The molecule has 4 heteroatoms. The zero-order valence-corrected chi connectivity index (χ0v) is 9.71. The fourth-order valence-electron chi connectivity index (χ4n) is 1.75. The molecule has 0 fully saturated rings. The number of rotatable bonds is 5. The molecule has 0 aliphatic carbocycles. The summed E-state index contributed by atoms with van der Waals surface area (Å²) >= 11 is 0. The Morgan fingerprint density at radius 1 is 1.25 bits per heavy atom. The summed E-state index contributed by atoms with van der Waals surface area (Å²) in [6.07, 6.45) is 1.70. The van der Waals surface area contributed by atoms with Gasteiger partial charge >= 0.3 is 0 Å². The molecule has 0 aliphatic rings. The standard InChI is InChI=1S/C12H18F2N2/c1-16(2)12(4-3-7-15)9-5-6-10(13)11(14)8-9/h5-6,8,12H,3-4,7,15H2,1-2H3. The number of hydrogen-bond donors (Lipinski definition) is 1. The predicted molar refractivity (Wildman–Crippen MR) is 61.1 cm³/mol. The van der Waals surface area contributed by atoms with Crippen molar-refractivity contribution in [3.63, 3.8) is 0 Å². The SMILES string of the molecule is CN(C)C(CCCN)c1ccc(F)c(F)c1. The molecule has 1 unspecified atom stereocenters. The first-order chi connectivity index (χ1) is 7.56. The second-order valence-corrected chi connectivity index (χ2v) is 4.08. The second-order valence-electron chi connectivity index (χ2n) is 4.08. The van der Waals surface area contributed by atoms with Crippen molar-refractivity contribution >= 4 is 0 Å². The monoisotopic (exact) mass is 228 g/mol. The van der Waals surface area contributed by atoms with Gasteiger partial charge in [-0.05, 0) is 51.2 Å². The Hall–Kier alpha value is -1.00. The summed E-state index contributed by atoms with van der Waals surface area (Å²) in [4.78, 5) is 1.99. The highest BCUT2D eigenvalue weighted by molar-refractivity contribution is 5.21. The lowest BCUT2D eigenvalue weighted by molar-refractivity contribution is 0.279. The van der Waals surface area contributed by atoms with E-state index in [-0.39, 0.29) is 6.04 Å². The Morgan fingerprint density at radius 2 is 1.94 bits per heavy atom. The van der Waals surface area contributed by atoms with Gasteiger partial charge in [-0.1, -0.05) is 6.07 Å². The van der Waals surface area contributed by atoms with E-state index in [1.807, 2.05) is 19.0 Å². The van der Waals surface area contributed by atoms with E-state index < -0.39 is 11.6 Å². The molecule has 0 amide bonds. The van der Waals surface area contributed by atoms with E-state index in [0.717, 1.165) is 18.4 Å². The van der Waals surface area contributed by atoms with Crippen LogP contribution in [0.1, 0.15) is 24.4 Å². The summed E-state index contributed by atoms with van der Waals surface area (Å²) in [5, 5.41) is 0. The van der Waals surface area contributed by atoms with Crippen molar-refractivity contribution in [2.75, 3.05) is 20.6 Å². The van der Waals surface area contributed by atoms with Crippen molar-refractivity contribution in [2.45, 2.75) is 18.9 Å². The van der Waals surface area contributed by atoms with Crippen molar-refractivity contribution in [3.8, 4) is 0 Å². The first kappa shape index (κ1) is 13.1. The Bertz CT molecular complexity index is 340. The van der Waals surface area contributed by atoms with Gasteiger partial charge < -0.3 is 10.6 Å². The van der Waals surface area contributed by atoms with Gasteiger partial charge in [0.05, 0.1) is 0 Å². The first-order valence-corrected chi connectivity index (χ1v) is 5.37. The normalized spacial score (nSPS) is 13.1. The lowest BCUT2D eigenvalue weighted by Crippen LogP contribution is -2.21. The second kappa shape index (κ2) is 5.92. The van der Waals surface area contributed by atoms with Crippen LogP contribution in [0.4, 0.5) is 8.78 Å². The Balaban J connectivity index is 2.88. The van der Waals surface area contributed by atoms with Crippen LogP contribution < -0.4 is 5.73 Å². The highest BCUT2D eigenvalue weighted by atomic mass is 19.2. The largest absolute Gasteiger partial charge is 0.330 e. The molecule has 1 aromatic rings. The molecular weight excluding hydrogens is 210 g/mol. The lowest BCUT2D eigenvalue weighted by Gasteiger charge is -2.24. The highest BCUT2D eigenvalue weighted by Gasteiger charge is 2.15. The van der Waals surface area contributed by atoms with Gasteiger partial charge in [-0.2, -0.15) is 0 Å². The summed E-state index contributed by atoms with van der Waals surface area (Å²) in [6, 6.07) is 4.14. The van der Waals surface area contributed by atoms with E-state index in [2.05, 4.69) is 0 Å². The fraction of sp³-hybridized carbons (Fsp3) is 0.500. The summed E-state index contributed by atoms with van der Waals surface area (Å²) in [7, 11) is 3.84. The van der Waals surface area contributed by atoms with Crippen LogP contribution in [-0.4, -0.2) is 25.5 Å². The van der Waals surface area contributed by atoms with Crippen molar-refractivity contribution in [3.05, 3.63) is 35.4 Å². The maximum Gasteiger partial charge on any atom is 0.159 e. The van der Waals surface area contributed by atoms with E-state index in [0.29, 0.717) is 6.54 Å². The summed E-state index contributed by atoms with van der Waals surface area (Å²) in [6.45, 7) is 0.605. The number of benzene rings is 1. The van der Waals surface area contributed by atoms with Crippen LogP contribution in [-0.2, 0) is 0 Å². The van der Waals surface area contributed by atoms with Crippen LogP contribution in [0.15, 0.2) is 18.2 Å². The van der Waals surface area contributed by atoms with Crippen molar-refractivity contribution in [1.29, 1.82) is 0 Å². The minimum Gasteiger partial charge on any atom is -0.330 e. The molecule has 0 saturated carbocycles. The summed E-state index contributed by atoms with van der Waals surface area (Å²) < 4.78 is 25.9. The molecule has 0 aromatic heterocycles. The summed E-state index contributed by atoms with van der Waals surface area (Å²) in [5.74, 6) is -1.60. The molecule has 0 radical (unpaired) electrons. The van der Waals surface area contributed by atoms with E-state index >= 15 is 0 Å². The Morgan fingerprint density at radius 3 is 2.44 bits per heavy atom. The van der Waals surface area contributed by atoms with Crippen LogP contribution in [0.2, 0.25) is 0 Å². The van der Waals surface area contributed by atoms with Crippen LogP contribution in [0.3, 0.4) is 0 Å². The van der Waals surface area contributed by atoms with Gasteiger partial charge in [0, 0.05) is 6.04 Å². The molecule has 0 aliphatic heterocycles. The molecule has 2 nitrogen and oxygen atoms in total. The molecule has 90 valence electrons. The minimum atomic E-state index is -0.805. The lowest BCUT2D eigenvalue weighted by atomic mass is 10.0. The van der Waals surface area contributed by atoms with Crippen LogP contribution in [0.25, 0.3) is 0 Å². The van der Waals surface area contributed by atoms with Gasteiger partial charge in [-0.15, -0.1) is 0 Å². The Kier molecular flexibility index (Phi) is 4.83. The van der Waals surface area contributed by atoms with E-state index in [1.54, 1.807) is 6.07 Å². The van der Waals surface area contributed by atoms with Gasteiger partial charge in [0.1, 0.15) is 0 Å². The number of nitrogens with two attached hydrogens (primary N) is 1. The van der Waals surface area contributed by atoms with Gasteiger partial charge in [0.15, 0.2) is 11.6 Å². The third-order valence-electron chi connectivity index (χ3n) is 2.63. The van der Waals surface area contributed by atoms with Gasteiger partial charge in [-0.3, -0.25) is 0 Å². The quantitative estimate of drug-likeness (QED) is 0.838. The van der Waals surface area contributed by atoms with E-state index in [9.17, 15) is 8.78 Å². The maximum absolute atomic E-state index is 13.1.